The van der Waals surface area contributed by atoms with Gasteiger partial charge in [0.1, 0.15) is 5.69 Å². The zero-order valence-electron chi connectivity index (χ0n) is 9.33. The molecular weight excluding hydrogens is 285 g/mol. The van der Waals surface area contributed by atoms with Gasteiger partial charge in [0.2, 0.25) is 0 Å². The van der Waals surface area contributed by atoms with E-state index in [0.29, 0.717) is 0 Å². The quantitative estimate of drug-likeness (QED) is 0.545. The molecule has 0 spiro atoms. The van der Waals surface area contributed by atoms with Gasteiger partial charge in [-0.15, -0.1) is 0 Å². The van der Waals surface area contributed by atoms with Crippen LogP contribution in [0.5, 0.6) is 0 Å². The maximum atomic E-state index is 2.26. The van der Waals surface area contributed by atoms with E-state index in [1.165, 1.54) is 25.3 Å². The van der Waals surface area contributed by atoms with Crippen molar-refractivity contribution in [3.63, 3.8) is 0 Å². The lowest BCUT2D eigenvalue weighted by molar-refractivity contribution is -0.00000284. The van der Waals surface area contributed by atoms with Crippen LogP contribution in [0.2, 0.25) is 0 Å². The number of rotatable bonds is 4. The summed E-state index contributed by atoms with van der Waals surface area (Å²) in [5, 5.41) is 0. The molecule has 0 saturated heterocycles. The Morgan fingerprint density at radius 2 is 1.29 bits per heavy atom. The van der Waals surface area contributed by atoms with Gasteiger partial charge in [0, 0.05) is 0 Å². The molecule has 80 valence electrons. The van der Waals surface area contributed by atoms with Gasteiger partial charge in [0.15, 0.2) is 0 Å². The third kappa shape index (κ3) is 2.70. The van der Waals surface area contributed by atoms with E-state index >= 15 is 0 Å². The van der Waals surface area contributed by atoms with E-state index in [4.69, 9.17) is 0 Å². The standard InChI is InChI=1S/C12H20N.HI/c1-4-13(5-2,6-3)12-10-8-7-9-11-12;/h7-11H,4-6H2,1-3H3;1H/q+1;/p-1. The molecule has 0 atom stereocenters. The first-order valence-electron chi connectivity index (χ1n) is 5.20. The van der Waals surface area contributed by atoms with E-state index in [2.05, 4.69) is 51.1 Å². The number of benzene rings is 1. The van der Waals surface area contributed by atoms with E-state index in [1.807, 2.05) is 0 Å². The van der Waals surface area contributed by atoms with Gasteiger partial charge in [-0.05, 0) is 32.9 Å². The number of quaternary nitrogens is 1. The second-order valence-electron chi connectivity index (χ2n) is 3.43. The molecule has 1 aromatic carbocycles. The molecule has 0 fully saturated rings. The molecule has 0 N–H and O–H groups in total. The highest BCUT2D eigenvalue weighted by Crippen LogP contribution is 2.21. The van der Waals surface area contributed by atoms with Crippen molar-refractivity contribution >= 4 is 5.69 Å². The van der Waals surface area contributed by atoms with Crippen molar-refractivity contribution in [2.24, 2.45) is 0 Å². The maximum absolute atomic E-state index is 2.26. The van der Waals surface area contributed by atoms with Gasteiger partial charge in [-0.25, -0.2) is 0 Å². The van der Waals surface area contributed by atoms with Crippen molar-refractivity contribution < 1.29 is 24.0 Å². The molecule has 0 saturated carbocycles. The summed E-state index contributed by atoms with van der Waals surface area (Å²) in [7, 11) is 0. The normalized spacial score (nSPS) is 10.8. The topological polar surface area (TPSA) is 0 Å². The fraction of sp³-hybridized carbons (Fsp3) is 0.500. The molecule has 0 aliphatic rings. The number of para-hydroxylation sites is 1. The van der Waals surface area contributed by atoms with Crippen LogP contribution >= 0.6 is 0 Å². The Bertz CT molecular complexity index is 233. The molecule has 1 rings (SSSR count). The van der Waals surface area contributed by atoms with E-state index in [0.717, 1.165) is 4.48 Å². The predicted molar refractivity (Wildman–Crippen MR) is 59.9 cm³/mol. The van der Waals surface area contributed by atoms with E-state index in [-0.39, 0.29) is 24.0 Å². The van der Waals surface area contributed by atoms with Crippen molar-refractivity contribution in [1.29, 1.82) is 0 Å². The molecule has 0 radical (unpaired) electrons. The summed E-state index contributed by atoms with van der Waals surface area (Å²) in [6, 6.07) is 10.8. The monoisotopic (exact) mass is 305 g/mol. The van der Waals surface area contributed by atoms with Crippen molar-refractivity contribution in [2.75, 3.05) is 19.6 Å². The molecule has 0 unspecified atom stereocenters. The van der Waals surface area contributed by atoms with Crippen LogP contribution in [0.15, 0.2) is 30.3 Å². The molecule has 0 heterocycles. The van der Waals surface area contributed by atoms with Gasteiger partial charge in [-0.3, -0.25) is 4.48 Å². The zero-order chi connectivity index (χ0) is 9.73. The average Bonchev–Trinajstić information content (AvgIpc) is 2.23. The van der Waals surface area contributed by atoms with Gasteiger partial charge in [-0.1, -0.05) is 18.2 Å². The molecule has 1 aromatic rings. The Balaban J connectivity index is 0.00000169. The van der Waals surface area contributed by atoms with Crippen LogP contribution in [0, 0.1) is 0 Å². The van der Waals surface area contributed by atoms with Gasteiger partial charge in [0.05, 0.1) is 19.6 Å². The highest BCUT2D eigenvalue weighted by molar-refractivity contribution is 5.42. The first-order chi connectivity index (χ1) is 6.29. The van der Waals surface area contributed by atoms with Crippen LogP contribution in [-0.4, -0.2) is 19.6 Å². The van der Waals surface area contributed by atoms with Crippen LogP contribution < -0.4 is 28.5 Å². The Morgan fingerprint density at radius 1 is 0.857 bits per heavy atom. The minimum absolute atomic E-state index is 0. The summed E-state index contributed by atoms with van der Waals surface area (Å²) in [6.07, 6.45) is 0. The average molecular weight is 305 g/mol. The third-order valence-corrected chi connectivity index (χ3v) is 3.12. The molecule has 0 amide bonds. The minimum Gasteiger partial charge on any atom is -1.00 e. The molecule has 0 aromatic heterocycles. The van der Waals surface area contributed by atoms with Crippen LogP contribution in [0.3, 0.4) is 0 Å². The Hall–Kier alpha value is -0.0900. The summed E-state index contributed by atoms with van der Waals surface area (Å²) in [5.41, 5.74) is 1.44. The summed E-state index contributed by atoms with van der Waals surface area (Å²) in [6.45, 7) is 10.3. The van der Waals surface area contributed by atoms with Crippen molar-refractivity contribution in [3.05, 3.63) is 30.3 Å². The van der Waals surface area contributed by atoms with Crippen molar-refractivity contribution in [2.45, 2.75) is 20.8 Å². The largest absolute Gasteiger partial charge is 1.00 e. The summed E-state index contributed by atoms with van der Waals surface area (Å²) in [5.74, 6) is 0. The molecule has 2 heteroatoms. The second-order valence-corrected chi connectivity index (χ2v) is 3.43. The van der Waals surface area contributed by atoms with Crippen LogP contribution in [0.1, 0.15) is 20.8 Å². The highest BCUT2D eigenvalue weighted by atomic mass is 127. The van der Waals surface area contributed by atoms with E-state index in [1.54, 1.807) is 0 Å². The summed E-state index contributed by atoms with van der Waals surface area (Å²) >= 11 is 0. The van der Waals surface area contributed by atoms with Gasteiger partial charge in [-0.2, -0.15) is 0 Å². The van der Waals surface area contributed by atoms with E-state index < -0.39 is 0 Å². The first kappa shape index (κ1) is 13.9. The van der Waals surface area contributed by atoms with Crippen LogP contribution in [0.4, 0.5) is 5.69 Å². The number of hydrogen-bond acceptors (Lipinski definition) is 0. The highest BCUT2D eigenvalue weighted by Gasteiger charge is 2.23. The zero-order valence-corrected chi connectivity index (χ0v) is 11.5. The lowest BCUT2D eigenvalue weighted by Gasteiger charge is -2.35. The second kappa shape index (κ2) is 6.40. The minimum atomic E-state index is 0. The van der Waals surface area contributed by atoms with Gasteiger partial charge in [0.25, 0.3) is 0 Å². The van der Waals surface area contributed by atoms with Crippen molar-refractivity contribution in [3.8, 4) is 0 Å². The van der Waals surface area contributed by atoms with Crippen LogP contribution in [0.25, 0.3) is 0 Å². The first-order valence-corrected chi connectivity index (χ1v) is 5.20. The SMILES string of the molecule is CC[N+](CC)(CC)c1ccccc1.[I-]. The van der Waals surface area contributed by atoms with Crippen LogP contribution in [-0.2, 0) is 0 Å². The molecule has 0 aliphatic carbocycles. The summed E-state index contributed by atoms with van der Waals surface area (Å²) in [4.78, 5) is 0. The van der Waals surface area contributed by atoms with Gasteiger partial charge >= 0.3 is 0 Å². The fourth-order valence-corrected chi connectivity index (χ4v) is 1.96. The molecule has 1 nitrogen and oxygen atoms in total. The number of halogens is 1. The smallest absolute Gasteiger partial charge is 0.132 e. The Kier molecular flexibility index (Phi) is 6.36. The number of nitrogens with zero attached hydrogens (tertiary/aromatic N) is 1. The molecular formula is C12H20IN. The Morgan fingerprint density at radius 3 is 1.64 bits per heavy atom. The maximum Gasteiger partial charge on any atom is 0.132 e. The van der Waals surface area contributed by atoms with E-state index in [9.17, 15) is 0 Å². The lowest BCUT2D eigenvalue weighted by Crippen LogP contribution is -3.00. The molecule has 0 aliphatic heterocycles. The predicted octanol–water partition coefficient (Wildman–Crippen LogP) is 0.0576. The lowest BCUT2D eigenvalue weighted by atomic mass is 10.2. The Labute approximate surface area is 105 Å². The molecule has 0 bridgehead atoms. The number of hydrogen-bond donors (Lipinski definition) is 0. The summed E-state index contributed by atoms with van der Waals surface area (Å²) < 4.78 is 1.10. The molecule has 14 heavy (non-hydrogen) atoms. The fourth-order valence-electron chi connectivity index (χ4n) is 1.96. The van der Waals surface area contributed by atoms with Crippen molar-refractivity contribution in [1.82, 2.24) is 4.48 Å². The van der Waals surface area contributed by atoms with Gasteiger partial charge < -0.3 is 24.0 Å². The third-order valence-electron chi connectivity index (χ3n) is 3.12.